The topological polar surface area (TPSA) is 19.0 Å². The molecule has 124 valence electrons. The monoisotopic (exact) mass is 310 g/mol. The molecule has 1 aromatic heterocycles. The normalized spacial score (nSPS) is 25.1. The van der Waals surface area contributed by atoms with Crippen LogP contribution in [0.4, 0.5) is 0 Å². The Morgan fingerprint density at radius 3 is 2.91 bits per heavy atom. The van der Waals surface area contributed by atoms with Crippen LogP contribution >= 0.6 is 0 Å². The number of piperidine rings is 1. The molecule has 0 unspecified atom stereocenters. The number of para-hydroxylation sites is 1. The van der Waals surface area contributed by atoms with Crippen LogP contribution in [0.3, 0.4) is 0 Å². The van der Waals surface area contributed by atoms with Gasteiger partial charge in [-0.15, -0.1) is 0 Å². The third-order valence-corrected chi connectivity index (χ3v) is 6.05. The van der Waals surface area contributed by atoms with Crippen molar-refractivity contribution in [3.05, 3.63) is 35.5 Å². The van der Waals surface area contributed by atoms with Crippen molar-refractivity contribution in [2.24, 2.45) is 5.92 Å². The molecule has 1 aromatic carbocycles. The van der Waals surface area contributed by atoms with Gasteiger partial charge in [-0.05, 0) is 62.7 Å². The average Bonchev–Trinajstić information content (AvgIpc) is 2.83. The summed E-state index contributed by atoms with van der Waals surface area (Å²) >= 11 is 0. The average molecular weight is 310 g/mol. The quantitative estimate of drug-likeness (QED) is 0.744. The number of nitrogens with one attached hydrogen (secondary N) is 1. The van der Waals surface area contributed by atoms with E-state index in [9.17, 15) is 0 Å². The molecule has 0 saturated carbocycles. The second-order valence-electron chi connectivity index (χ2n) is 7.55. The molecule has 0 spiro atoms. The first-order valence-electron chi connectivity index (χ1n) is 9.72. The van der Waals surface area contributed by atoms with Gasteiger partial charge in [-0.3, -0.25) is 4.90 Å². The van der Waals surface area contributed by atoms with E-state index in [1.54, 1.807) is 11.3 Å². The zero-order valence-corrected chi connectivity index (χ0v) is 14.5. The summed E-state index contributed by atoms with van der Waals surface area (Å²) in [7, 11) is 0. The van der Waals surface area contributed by atoms with E-state index in [1.165, 1.54) is 75.4 Å². The number of nitrogens with zero attached hydrogens (tertiary/aromatic N) is 1. The minimum Gasteiger partial charge on any atom is -0.357 e. The highest BCUT2D eigenvalue weighted by Crippen LogP contribution is 2.43. The van der Waals surface area contributed by atoms with Gasteiger partial charge in [0.15, 0.2) is 0 Å². The van der Waals surface area contributed by atoms with Crippen molar-refractivity contribution < 1.29 is 0 Å². The van der Waals surface area contributed by atoms with Crippen molar-refractivity contribution in [3.63, 3.8) is 0 Å². The van der Waals surface area contributed by atoms with Crippen molar-refractivity contribution in [3.8, 4) is 0 Å². The van der Waals surface area contributed by atoms with Crippen LogP contribution < -0.4 is 0 Å². The second kappa shape index (κ2) is 6.68. The zero-order chi connectivity index (χ0) is 15.6. The number of rotatable bonds is 4. The maximum atomic E-state index is 3.83. The number of hydrogen-bond acceptors (Lipinski definition) is 1. The van der Waals surface area contributed by atoms with E-state index in [4.69, 9.17) is 0 Å². The predicted octanol–water partition coefficient (Wildman–Crippen LogP) is 5.45. The molecule has 2 heteroatoms. The molecule has 0 aliphatic carbocycles. The number of benzene rings is 1. The highest BCUT2D eigenvalue weighted by molar-refractivity contribution is 5.85. The molecular formula is C21H30N2. The maximum Gasteiger partial charge on any atom is 0.0529 e. The molecule has 3 heterocycles. The highest BCUT2D eigenvalue weighted by Gasteiger charge is 2.36. The second-order valence-corrected chi connectivity index (χ2v) is 7.55. The first kappa shape index (κ1) is 15.3. The lowest BCUT2D eigenvalue weighted by Crippen LogP contribution is -2.39. The summed E-state index contributed by atoms with van der Waals surface area (Å²) in [5.74, 6) is 0.847. The van der Waals surface area contributed by atoms with Crippen LogP contribution in [-0.2, 0) is 6.42 Å². The summed E-state index contributed by atoms with van der Waals surface area (Å²) in [6, 6.07) is 9.57. The van der Waals surface area contributed by atoms with Gasteiger partial charge < -0.3 is 4.98 Å². The molecule has 1 saturated heterocycles. The van der Waals surface area contributed by atoms with Crippen LogP contribution in [0.25, 0.3) is 10.9 Å². The van der Waals surface area contributed by atoms with E-state index in [2.05, 4.69) is 41.1 Å². The van der Waals surface area contributed by atoms with Crippen molar-refractivity contribution in [1.82, 2.24) is 9.88 Å². The van der Waals surface area contributed by atoms with Crippen molar-refractivity contribution in [1.29, 1.82) is 0 Å². The van der Waals surface area contributed by atoms with Gasteiger partial charge in [0, 0.05) is 16.6 Å². The largest absolute Gasteiger partial charge is 0.357 e. The smallest absolute Gasteiger partial charge is 0.0529 e. The number of aryl methyl sites for hydroxylation is 1. The number of aromatic nitrogens is 1. The molecule has 1 fully saturated rings. The Morgan fingerprint density at radius 2 is 2.00 bits per heavy atom. The van der Waals surface area contributed by atoms with Crippen molar-refractivity contribution >= 4 is 10.9 Å². The molecule has 2 aliphatic heterocycles. The number of unbranched alkanes of at least 4 members (excludes halogenated alkanes) is 2. The molecule has 2 nitrogen and oxygen atoms in total. The fourth-order valence-electron chi connectivity index (χ4n) is 4.98. The SMILES string of the molecule is CCCCC[C@@H]1CCCN2CCCc3c([nH]c4ccccc34)[C@@H]12. The third-order valence-electron chi connectivity index (χ3n) is 6.05. The van der Waals surface area contributed by atoms with Crippen LogP contribution in [0, 0.1) is 5.92 Å². The molecule has 4 rings (SSSR count). The fraction of sp³-hybridized carbons (Fsp3) is 0.619. The number of aromatic amines is 1. The predicted molar refractivity (Wildman–Crippen MR) is 97.8 cm³/mol. The van der Waals surface area contributed by atoms with E-state index in [0.29, 0.717) is 6.04 Å². The molecule has 2 atom stereocenters. The van der Waals surface area contributed by atoms with E-state index in [0.717, 1.165) is 5.92 Å². The lowest BCUT2D eigenvalue weighted by Gasteiger charge is -2.40. The summed E-state index contributed by atoms with van der Waals surface area (Å²) < 4.78 is 0. The van der Waals surface area contributed by atoms with E-state index < -0.39 is 0 Å². The van der Waals surface area contributed by atoms with Gasteiger partial charge in [0.25, 0.3) is 0 Å². The van der Waals surface area contributed by atoms with Gasteiger partial charge in [-0.1, -0.05) is 44.4 Å². The summed E-state index contributed by atoms with van der Waals surface area (Å²) in [5, 5.41) is 1.47. The first-order chi connectivity index (χ1) is 11.4. The van der Waals surface area contributed by atoms with Crippen LogP contribution in [-0.4, -0.2) is 23.0 Å². The number of fused-ring (bicyclic) bond motifs is 5. The Morgan fingerprint density at radius 1 is 1.13 bits per heavy atom. The summed E-state index contributed by atoms with van der Waals surface area (Å²) in [6.45, 7) is 4.89. The van der Waals surface area contributed by atoms with Gasteiger partial charge in [0.1, 0.15) is 0 Å². The summed E-state index contributed by atoms with van der Waals surface area (Å²) in [4.78, 5) is 6.63. The molecule has 0 bridgehead atoms. The minimum absolute atomic E-state index is 0.644. The first-order valence-corrected chi connectivity index (χ1v) is 9.72. The van der Waals surface area contributed by atoms with E-state index in [-0.39, 0.29) is 0 Å². The molecular weight excluding hydrogens is 280 g/mol. The minimum atomic E-state index is 0.644. The van der Waals surface area contributed by atoms with Crippen LogP contribution in [0.5, 0.6) is 0 Å². The van der Waals surface area contributed by atoms with Gasteiger partial charge in [-0.25, -0.2) is 0 Å². The van der Waals surface area contributed by atoms with Crippen LogP contribution in [0.1, 0.15) is 69.2 Å². The standard InChI is InChI=1S/C21H30N2/c1-2-3-4-9-16-10-7-14-23-15-8-12-18-17-11-5-6-13-19(17)22-20(18)21(16)23/h5-6,11,13,16,21-22H,2-4,7-10,12,14-15H2,1H3/t16-,21-/m1/s1. The Hall–Kier alpha value is -1.28. The van der Waals surface area contributed by atoms with Gasteiger partial charge >= 0.3 is 0 Å². The Kier molecular flexibility index (Phi) is 4.43. The molecule has 1 N–H and O–H groups in total. The highest BCUT2D eigenvalue weighted by atomic mass is 15.2. The lowest BCUT2D eigenvalue weighted by molar-refractivity contribution is 0.0863. The van der Waals surface area contributed by atoms with Crippen LogP contribution in [0.2, 0.25) is 0 Å². The van der Waals surface area contributed by atoms with Gasteiger partial charge in [0.2, 0.25) is 0 Å². The Balaban J connectivity index is 1.71. The Bertz CT molecular complexity index is 657. The van der Waals surface area contributed by atoms with Crippen LogP contribution in [0.15, 0.2) is 24.3 Å². The molecule has 0 amide bonds. The molecule has 0 radical (unpaired) electrons. The summed E-state index contributed by atoms with van der Waals surface area (Å²) in [6.07, 6.45) is 10.9. The zero-order valence-electron chi connectivity index (χ0n) is 14.5. The van der Waals surface area contributed by atoms with Gasteiger partial charge in [0.05, 0.1) is 6.04 Å². The van der Waals surface area contributed by atoms with E-state index in [1.807, 2.05) is 0 Å². The molecule has 2 aliphatic rings. The lowest BCUT2D eigenvalue weighted by atomic mass is 9.82. The Labute approximate surface area is 140 Å². The number of H-pyrrole nitrogens is 1. The molecule has 23 heavy (non-hydrogen) atoms. The molecule has 2 aromatic rings. The van der Waals surface area contributed by atoms with Crippen molar-refractivity contribution in [2.75, 3.05) is 13.1 Å². The van der Waals surface area contributed by atoms with Crippen molar-refractivity contribution in [2.45, 2.75) is 64.3 Å². The fourth-order valence-corrected chi connectivity index (χ4v) is 4.98. The van der Waals surface area contributed by atoms with Gasteiger partial charge in [-0.2, -0.15) is 0 Å². The third kappa shape index (κ3) is 2.82. The maximum absolute atomic E-state index is 3.83. The summed E-state index contributed by atoms with van der Waals surface area (Å²) in [5.41, 5.74) is 4.53. The number of hydrogen-bond donors (Lipinski definition) is 1. The van der Waals surface area contributed by atoms with E-state index >= 15 is 0 Å².